The third kappa shape index (κ3) is 7.76. The first-order valence-corrected chi connectivity index (χ1v) is 2.47. The Kier molecular flexibility index (Phi) is 8.55. The van der Waals surface area contributed by atoms with Gasteiger partial charge in [0.25, 0.3) is 0 Å². The molecule has 0 rings (SSSR count). The number of hydrogen-bond acceptors (Lipinski definition) is 6. The summed E-state index contributed by atoms with van der Waals surface area (Å²) in [5, 5.41) is 3.99. The summed E-state index contributed by atoms with van der Waals surface area (Å²) in [5.74, 6) is 0. The molecule has 0 aliphatic heterocycles. The quantitative estimate of drug-likeness (QED) is 0.223. The molecule has 0 bridgehead atoms. The lowest BCUT2D eigenvalue weighted by atomic mass is 11.4. The number of rotatable bonds is 7. The average Bonchev–Trinajstić information content (AvgIpc) is 1.97. The van der Waals surface area contributed by atoms with Crippen molar-refractivity contribution < 1.29 is 29.3 Å². The van der Waals surface area contributed by atoms with E-state index in [4.69, 9.17) is 0 Å². The van der Waals surface area contributed by atoms with Crippen LogP contribution in [0.15, 0.2) is 0 Å². The first-order chi connectivity index (χ1) is 4.91. The zero-order valence-corrected chi connectivity index (χ0v) is 5.86. The molecule has 0 aromatic carbocycles. The molecule has 0 saturated carbocycles. The predicted molar refractivity (Wildman–Crippen MR) is 28.1 cm³/mol. The fraction of sp³-hybridized carbons (Fsp3) is 1.00. The summed E-state index contributed by atoms with van der Waals surface area (Å²) in [7, 11) is 2.68. The van der Waals surface area contributed by atoms with Crippen LogP contribution >= 0.6 is 0 Å². The van der Waals surface area contributed by atoms with Crippen LogP contribution in [0.25, 0.3) is 0 Å². The maximum Gasteiger partial charge on any atom is 0.186 e. The van der Waals surface area contributed by atoms with E-state index in [1.165, 1.54) is 14.2 Å². The topological polar surface area (TPSA) is 55.4 Å². The zero-order chi connectivity index (χ0) is 7.66. The Balaban J connectivity index is 2.65. The van der Waals surface area contributed by atoms with Crippen molar-refractivity contribution in [1.82, 2.24) is 0 Å². The molecule has 0 spiro atoms. The molecule has 0 aromatic heterocycles. The SMILES string of the molecule is COOCOCOOOC. The van der Waals surface area contributed by atoms with E-state index in [1.807, 2.05) is 0 Å². The minimum absolute atomic E-state index is 0.0242. The van der Waals surface area contributed by atoms with Gasteiger partial charge in [-0.05, 0) is 0 Å². The first-order valence-electron chi connectivity index (χ1n) is 2.47. The molecule has 0 heterocycles. The summed E-state index contributed by atoms with van der Waals surface area (Å²) in [5.41, 5.74) is 0. The van der Waals surface area contributed by atoms with Crippen LogP contribution < -0.4 is 0 Å². The Morgan fingerprint density at radius 2 is 1.60 bits per heavy atom. The summed E-state index contributed by atoms with van der Waals surface area (Å²) in [6, 6.07) is 0. The van der Waals surface area contributed by atoms with Gasteiger partial charge in [-0.25, -0.2) is 14.7 Å². The van der Waals surface area contributed by atoms with Crippen LogP contribution in [0, 0.1) is 0 Å². The van der Waals surface area contributed by atoms with Crippen LogP contribution in [0.5, 0.6) is 0 Å². The standard InChI is InChI=1S/C4H10O6/c1-5-8-3-7-4-9-10-6-2/h3-4H2,1-2H3. The van der Waals surface area contributed by atoms with Crippen LogP contribution in [0.1, 0.15) is 0 Å². The highest BCUT2D eigenvalue weighted by Crippen LogP contribution is 1.81. The second-order valence-electron chi connectivity index (χ2n) is 1.08. The van der Waals surface area contributed by atoms with Gasteiger partial charge in [0.2, 0.25) is 0 Å². The van der Waals surface area contributed by atoms with Gasteiger partial charge in [-0.15, -0.1) is 0 Å². The Labute approximate surface area is 58.3 Å². The first kappa shape index (κ1) is 9.76. The summed E-state index contributed by atoms with van der Waals surface area (Å²) in [6.45, 7) is -0.110. The van der Waals surface area contributed by atoms with Crippen molar-refractivity contribution in [2.24, 2.45) is 0 Å². The molecule has 10 heavy (non-hydrogen) atoms. The third-order valence-corrected chi connectivity index (χ3v) is 0.497. The lowest BCUT2D eigenvalue weighted by molar-refractivity contribution is -0.522. The molecule has 0 fully saturated rings. The predicted octanol–water partition coefficient (Wildman–Crippen LogP) is 0.00560. The van der Waals surface area contributed by atoms with Gasteiger partial charge < -0.3 is 4.74 Å². The van der Waals surface area contributed by atoms with Crippen molar-refractivity contribution in [3.05, 3.63) is 0 Å². The summed E-state index contributed by atoms with van der Waals surface area (Å²) in [4.78, 5) is 16.8. The van der Waals surface area contributed by atoms with Gasteiger partial charge in [0, 0.05) is 0 Å². The maximum atomic E-state index is 4.60. The maximum absolute atomic E-state index is 4.60. The summed E-state index contributed by atoms with van der Waals surface area (Å²) in [6.07, 6.45) is 0. The molecule has 0 amide bonds. The van der Waals surface area contributed by atoms with E-state index >= 15 is 0 Å². The van der Waals surface area contributed by atoms with Crippen LogP contribution in [-0.2, 0) is 29.3 Å². The smallest absolute Gasteiger partial charge is 0.186 e. The minimum atomic E-state index is -0.0861. The van der Waals surface area contributed by atoms with E-state index in [9.17, 15) is 0 Å². The van der Waals surface area contributed by atoms with Crippen molar-refractivity contribution in [3.8, 4) is 0 Å². The van der Waals surface area contributed by atoms with E-state index in [-0.39, 0.29) is 13.6 Å². The van der Waals surface area contributed by atoms with Gasteiger partial charge >= 0.3 is 0 Å². The highest BCUT2D eigenvalue weighted by Gasteiger charge is 1.86. The van der Waals surface area contributed by atoms with Gasteiger partial charge in [-0.1, -0.05) is 5.04 Å². The molecule has 0 aliphatic carbocycles. The molecule has 0 unspecified atom stereocenters. The molecular formula is C4H10O6. The Morgan fingerprint density at radius 1 is 0.900 bits per heavy atom. The van der Waals surface area contributed by atoms with Crippen LogP contribution in [-0.4, -0.2) is 27.8 Å². The lowest BCUT2D eigenvalue weighted by Crippen LogP contribution is -2.04. The average molecular weight is 154 g/mol. The van der Waals surface area contributed by atoms with E-state index in [1.54, 1.807) is 0 Å². The van der Waals surface area contributed by atoms with Gasteiger partial charge in [-0.3, -0.25) is 0 Å². The van der Waals surface area contributed by atoms with Crippen LogP contribution in [0.3, 0.4) is 0 Å². The van der Waals surface area contributed by atoms with Crippen molar-refractivity contribution in [1.29, 1.82) is 0 Å². The van der Waals surface area contributed by atoms with E-state index in [2.05, 4.69) is 29.3 Å². The molecule has 0 aliphatic rings. The monoisotopic (exact) mass is 154 g/mol. The van der Waals surface area contributed by atoms with Crippen molar-refractivity contribution in [2.45, 2.75) is 0 Å². The molecule has 0 atom stereocenters. The summed E-state index contributed by atoms with van der Waals surface area (Å²) >= 11 is 0. The molecular weight excluding hydrogens is 144 g/mol. The Hall–Kier alpha value is -0.240. The molecule has 0 radical (unpaired) electrons. The van der Waals surface area contributed by atoms with Crippen LogP contribution in [0.2, 0.25) is 0 Å². The largest absolute Gasteiger partial charge is 0.323 e. The molecule has 0 aromatic rings. The second-order valence-corrected chi connectivity index (χ2v) is 1.08. The van der Waals surface area contributed by atoms with Gasteiger partial charge in [-0.2, -0.15) is 4.89 Å². The lowest BCUT2D eigenvalue weighted by Gasteiger charge is -2.00. The fourth-order valence-electron chi connectivity index (χ4n) is 0.218. The molecule has 6 nitrogen and oxygen atoms in total. The normalized spacial score (nSPS) is 10.2. The van der Waals surface area contributed by atoms with E-state index < -0.39 is 0 Å². The van der Waals surface area contributed by atoms with Crippen LogP contribution in [0.4, 0.5) is 0 Å². The molecule has 0 saturated heterocycles. The summed E-state index contributed by atoms with van der Waals surface area (Å²) < 4.78 is 4.60. The highest BCUT2D eigenvalue weighted by molar-refractivity contribution is 3.90. The van der Waals surface area contributed by atoms with Crippen molar-refractivity contribution in [3.63, 3.8) is 0 Å². The van der Waals surface area contributed by atoms with Crippen molar-refractivity contribution in [2.75, 3.05) is 27.8 Å². The number of hydrogen-bond donors (Lipinski definition) is 0. The van der Waals surface area contributed by atoms with Gasteiger partial charge in [0.05, 0.1) is 14.2 Å². The Morgan fingerprint density at radius 3 is 2.20 bits per heavy atom. The van der Waals surface area contributed by atoms with E-state index in [0.717, 1.165) is 0 Å². The molecule has 6 heteroatoms. The van der Waals surface area contributed by atoms with Gasteiger partial charge in [0.1, 0.15) is 0 Å². The molecule has 0 N–H and O–H groups in total. The van der Waals surface area contributed by atoms with Crippen molar-refractivity contribution >= 4 is 0 Å². The fourth-order valence-corrected chi connectivity index (χ4v) is 0.218. The minimum Gasteiger partial charge on any atom is -0.323 e. The second kappa shape index (κ2) is 8.76. The third-order valence-electron chi connectivity index (χ3n) is 0.497. The zero-order valence-electron chi connectivity index (χ0n) is 5.86. The van der Waals surface area contributed by atoms with Gasteiger partial charge in [0.15, 0.2) is 13.6 Å². The van der Waals surface area contributed by atoms with E-state index in [0.29, 0.717) is 0 Å². The molecule has 62 valence electrons. The highest BCUT2D eigenvalue weighted by atomic mass is 17.5. The number of ether oxygens (including phenoxy) is 1. The Bertz CT molecular complexity index is 49.7.